The van der Waals surface area contributed by atoms with Crippen LogP contribution in [0.2, 0.25) is 15.1 Å². The van der Waals surface area contributed by atoms with Gasteiger partial charge in [0.1, 0.15) is 12.4 Å². The van der Waals surface area contributed by atoms with E-state index in [0.717, 1.165) is 24.0 Å². The molecule has 0 saturated carbocycles. The van der Waals surface area contributed by atoms with Gasteiger partial charge in [-0.3, -0.25) is 19.8 Å². The van der Waals surface area contributed by atoms with E-state index in [1.54, 1.807) is 30.3 Å². The van der Waals surface area contributed by atoms with Crippen LogP contribution in [0.1, 0.15) is 35.4 Å². The lowest BCUT2D eigenvalue weighted by molar-refractivity contribution is -0.534. The van der Waals surface area contributed by atoms with E-state index in [-0.39, 0.29) is 23.5 Å². The van der Waals surface area contributed by atoms with Crippen molar-refractivity contribution >= 4 is 46.4 Å². The Labute approximate surface area is 228 Å². The fourth-order valence-electron chi connectivity index (χ4n) is 6.41. The van der Waals surface area contributed by atoms with Crippen LogP contribution in [0.3, 0.4) is 0 Å². The molecule has 3 aliphatic rings. The lowest BCUT2D eigenvalue weighted by Gasteiger charge is -2.32. The van der Waals surface area contributed by atoms with Gasteiger partial charge in [-0.25, -0.2) is 0 Å². The number of nitrogens with zero attached hydrogens (tertiary/aromatic N) is 2. The third-order valence-electron chi connectivity index (χ3n) is 7.81. The third-order valence-corrected chi connectivity index (χ3v) is 8.85. The van der Waals surface area contributed by atoms with Crippen LogP contribution < -0.4 is 10.1 Å². The molecule has 2 saturated heterocycles. The number of para-hydroxylation sites is 1. The summed E-state index contributed by atoms with van der Waals surface area (Å²) < 4.78 is 5.91. The molecule has 0 aromatic heterocycles. The highest BCUT2D eigenvalue weighted by atomic mass is 35.5. The number of nitro groups is 1. The van der Waals surface area contributed by atoms with Crippen LogP contribution in [0, 0.1) is 10.1 Å². The SMILES string of the molecule is O=C1Nc2ccccc2[C@]12[C@H]([N+](=O)[O-])[C@H](c1ccc(OCc3ccc(Cl)c(Cl)c3)c(Cl)c1)[C@H]1CCCN12. The van der Waals surface area contributed by atoms with Crippen molar-refractivity contribution in [2.75, 3.05) is 11.9 Å². The van der Waals surface area contributed by atoms with Crippen LogP contribution in [-0.2, 0) is 16.9 Å². The third kappa shape index (κ3) is 3.71. The van der Waals surface area contributed by atoms with Crippen molar-refractivity contribution in [2.24, 2.45) is 0 Å². The molecule has 10 heteroatoms. The molecule has 7 nitrogen and oxygen atoms in total. The van der Waals surface area contributed by atoms with Crippen molar-refractivity contribution in [2.45, 2.75) is 43.0 Å². The zero-order chi connectivity index (χ0) is 25.9. The van der Waals surface area contributed by atoms with Gasteiger partial charge in [0, 0.05) is 28.8 Å². The first kappa shape index (κ1) is 24.5. The predicted octanol–water partition coefficient (Wildman–Crippen LogP) is 6.28. The monoisotopic (exact) mass is 557 g/mol. The van der Waals surface area contributed by atoms with Gasteiger partial charge in [0.25, 0.3) is 11.9 Å². The second-order valence-electron chi connectivity index (χ2n) is 9.65. The van der Waals surface area contributed by atoms with Crippen molar-refractivity contribution in [3.05, 3.63) is 103 Å². The molecule has 6 rings (SSSR count). The molecule has 0 bridgehead atoms. The number of ether oxygens (including phenoxy) is 1. The molecule has 0 aliphatic carbocycles. The van der Waals surface area contributed by atoms with Gasteiger partial charge in [0.05, 0.1) is 21.0 Å². The van der Waals surface area contributed by atoms with Gasteiger partial charge in [0.15, 0.2) is 5.54 Å². The van der Waals surface area contributed by atoms with Crippen LogP contribution in [0.4, 0.5) is 5.69 Å². The smallest absolute Gasteiger partial charge is 0.256 e. The van der Waals surface area contributed by atoms with Crippen molar-refractivity contribution < 1.29 is 14.5 Å². The summed E-state index contributed by atoms with van der Waals surface area (Å²) in [5, 5.41) is 16.9. The van der Waals surface area contributed by atoms with Gasteiger partial charge >= 0.3 is 0 Å². The van der Waals surface area contributed by atoms with Crippen LogP contribution in [0.25, 0.3) is 0 Å². The molecule has 1 amide bonds. The molecule has 1 N–H and O–H groups in total. The van der Waals surface area contributed by atoms with Gasteiger partial charge in [-0.1, -0.05) is 65.1 Å². The molecule has 3 aromatic rings. The Morgan fingerprint density at radius 3 is 2.62 bits per heavy atom. The Kier molecular flexibility index (Phi) is 6.07. The summed E-state index contributed by atoms with van der Waals surface area (Å²) >= 11 is 18.7. The minimum Gasteiger partial charge on any atom is -0.487 e. The maximum absolute atomic E-state index is 13.6. The highest BCUT2D eigenvalue weighted by molar-refractivity contribution is 6.42. The highest BCUT2D eigenvalue weighted by Crippen LogP contribution is 2.58. The van der Waals surface area contributed by atoms with Crippen LogP contribution >= 0.6 is 34.8 Å². The quantitative estimate of drug-likeness (QED) is 0.294. The summed E-state index contributed by atoms with van der Waals surface area (Å²) in [4.78, 5) is 28.0. The number of amides is 1. The number of hydrogen-bond donors (Lipinski definition) is 1. The van der Waals surface area contributed by atoms with E-state index >= 15 is 0 Å². The zero-order valence-corrected chi connectivity index (χ0v) is 21.8. The number of fused-ring (bicyclic) bond motifs is 4. The van der Waals surface area contributed by atoms with Crippen molar-refractivity contribution in [1.82, 2.24) is 4.90 Å². The van der Waals surface area contributed by atoms with E-state index in [2.05, 4.69) is 10.2 Å². The number of carbonyl (C=O) groups is 1. The molecule has 4 atom stereocenters. The molecule has 1 spiro atoms. The minimum absolute atomic E-state index is 0.161. The van der Waals surface area contributed by atoms with Gasteiger partial charge in [-0.15, -0.1) is 0 Å². The summed E-state index contributed by atoms with van der Waals surface area (Å²) in [5.74, 6) is -0.400. The fraction of sp³-hybridized carbons (Fsp3) is 0.296. The molecule has 3 aromatic carbocycles. The number of benzene rings is 3. The van der Waals surface area contributed by atoms with Gasteiger partial charge in [0.2, 0.25) is 0 Å². The second kappa shape index (κ2) is 9.17. The number of nitrogens with one attached hydrogen (secondary N) is 1. The largest absolute Gasteiger partial charge is 0.487 e. The number of anilines is 1. The number of carbonyl (C=O) groups excluding carboxylic acids is 1. The summed E-state index contributed by atoms with van der Waals surface area (Å²) in [6.07, 6.45) is 1.63. The van der Waals surface area contributed by atoms with E-state index in [9.17, 15) is 14.9 Å². The number of halogens is 3. The van der Waals surface area contributed by atoms with Crippen LogP contribution in [0.5, 0.6) is 5.75 Å². The molecule has 2 fully saturated rings. The predicted molar refractivity (Wildman–Crippen MR) is 142 cm³/mol. The summed E-state index contributed by atoms with van der Waals surface area (Å²) in [6, 6.07) is 16.5. The zero-order valence-electron chi connectivity index (χ0n) is 19.5. The van der Waals surface area contributed by atoms with E-state index in [1.807, 2.05) is 30.3 Å². The normalized spacial score (nSPS) is 26.2. The van der Waals surface area contributed by atoms with Gasteiger partial charge in [-0.05, 0) is 54.3 Å². The van der Waals surface area contributed by atoms with Gasteiger partial charge in [-0.2, -0.15) is 0 Å². The van der Waals surface area contributed by atoms with Crippen LogP contribution in [-0.4, -0.2) is 34.4 Å². The summed E-state index contributed by atoms with van der Waals surface area (Å²) in [6.45, 7) is 0.846. The maximum Gasteiger partial charge on any atom is 0.256 e. The minimum atomic E-state index is -1.36. The lowest BCUT2D eigenvalue weighted by Crippen LogP contribution is -2.55. The maximum atomic E-state index is 13.6. The fourth-order valence-corrected chi connectivity index (χ4v) is 6.97. The first-order valence-electron chi connectivity index (χ1n) is 12.0. The molecule has 0 unspecified atom stereocenters. The second-order valence-corrected chi connectivity index (χ2v) is 10.9. The van der Waals surface area contributed by atoms with Crippen molar-refractivity contribution in [3.63, 3.8) is 0 Å². The molecule has 37 heavy (non-hydrogen) atoms. The molecular formula is C27H22Cl3N3O4. The Hall–Kier alpha value is -2.84. The molecule has 3 heterocycles. The number of hydrogen-bond acceptors (Lipinski definition) is 5. The molecule has 190 valence electrons. The van der Waals surface area contributed by atoms with Crippen molar-refractivity contribution in [3.8, 4) is 5.75 Å². The average Bonchev–Trinajstić information content (AvgIpc) is 3.53. The van der Waals surface area contributed by atoms with Gasteiger partial charge < -0.3 is 10.1 Å². The summed E-state index contributed by atoms with van der Waals surface area (Å²) in [7, 11) is 0. The van der Waals surface area contributed by atoms with E-state index in [1.165, 1.54) is 0 Å². The Balaban J connectivity index is 1.36. The average molecular weight is 559 g/mol. The van der Waals surface area contributed by atoms with E-state index < -0.39 is 17.5 Å². The number of rotatable bonds is 5. The van der Waals surface area contributed by atoms with Crippen LogP contribution in [0.15, 0.2) is 60.7 Å². The van der Waals surface area contributed by atoms with Crippen molar-refractivity contribution in [1.29, 1.82) is 0 Å². The Morgan fingerprint density at radius 1 is 1.05 bits per heavy atom. The molecular weight excluding hydrogens is 537 g/mol. The lowest BCUT2D eigenvalue weighted by atomic mass is 9.77. The Bertz CT molecular complexity index is 1430. The Morgan fingerprint density at radius 2 is 1.86 bits per heavy atom. The molecule has 3 aliphatic heterocycles. The molecule has 0 radical (unpaired) electrons. The highest BCUT2D eigenvalue weighted by Gasteiger charge is 2.73. The topological polar surface area (TPSA) is 84.7 Å². The van der Waals surface area contributed by atoms with E-state index in [0.29, 0.717) is 38.6 Å². The first-order valence-corrected chi connectivity index (χ1v) is 13.1. The summed E-state index contributed by atoms with van der Waals surface area (Å²) in [5.41, 5.74) is 1.49. The van der Waals surface area contributed by atoms with E-state index in [4.69, 9.17) is 39.5 Å². The first-order chi connectivity index (χ1) is 17.8. The standard InChI is InChI=1S/C27H22Cl3N3O4/c28-18-9-7-15(12-19(18)29)14-37-23-10-8-16(13-20(23)30)24-22-6-3-11-32(22)27(25(24)33(35)36)17-4-1-2-5-21(17)31-26(27)34/h1-2,4-5,7-10,12-13,22,24-25H,3,6,11,14H2,(H,31,34)/t22-,24-,25-,27+/m1/s1.